The average molecular weight is 457 g/mol. The molecular formula is C25H48N2O5. The van der Waals surface area contributed by atoms with Crippen molar-refractivity contribution in [2.45, 2.75) is 110 Å². The van der Waals surface area contributed by atoms with E-state index in [2.05, 4.69) is 4.90 Å². The topological polar surface area (TPSA) is 98.2 Å². The smallest absolute Gasteiger partial charge is 0.303 e. The van der Waals surface area contributed by atoms with E-state index in [1.165, 1.54) is 0 Å². The summed E-state index contributed by atoms with van der Waals surface area (Å²) in [5.41, 5.74) is 0. The molecule has 188 valence electrons. The highest BCUT2D eigenvalue weighted by Crippen LogP contribution is 2.11. The Kier molecular flexibility index (Phi) is 20.1. The molecular weight excluding hydrogens is 408 g/mol. The quantitative estimate of drug-likeness (QED) is 0.206. The summed E-state index contributed by atoms with van der Waals surface area (Å²) in [5, 5.41) is 17.4. The summed E-state index contributed by atoms with van der Waals surface area (Å²) in [7, 11) is 0. The van der Waals surface area contributed by atoms with Crippen LogP contribution in [0.5, 0.6) is 0 Å². The van der Waals surface area contributed by atoms with E-state index in [9.17, 15) is 14.4 Å². The summed E-state index contributed by atoms with van der Waals surface area (Å²) < 4.78 is 0. The first-order chi connectivity index (χ1) is 15.4. The van der Waals surface area contributed by atoms with Gasteiger partial charge in [0.15, 0.2) is 0 Å². The molecule has 0 radical (unpaired) electrons. The Morgan fingerprint density at radius 1 is 0.531 bits per heavy atom. The van der Waals surface area contributed by atoms with E-state index >= 15 is 0 Å². The molecule has 0 fully saturated rings. The van der Waals surface area contributed by atoms with Crippen molar-refractivity contribution in [1.82, 2.24) is 9.80 Å². The summed E-state index contributed by atoms with van der Waals surface area (Å²) in [6.45, 7) is 8.73. The molecule has 0 bridgehead atoms. The number of carbonyl (C=O) groups is 3. The number of amides is 1. The van der Waals surface area contributed by atoms with E-state index in [1.54, 1.807) is 0 Å². The summed E-state index contributed by atoms with van der Waals surface area (Å²) in [4.78, 5) is 37.7. The van der Waals surface area contributed by atoms with E-state index in [0.717, 1.165) is 110 Å². The molecule has 0 aliphatic rings. The Morgan fingerprint density at radius 3 is 1.28 bits per heavy atom. The fraction of sp³-hybridized carbons (Fsp3) is 0.880. The number of aliphatic carboxylic acids is 2. The van der Waals surface area contributed by atoms with Gasteiger partial charge in [0.2, 0.25) is 5.91 Å². The fourth-order valence-corrected chi connectivity index (χ4v) is 3.97. The molecule has 0 saturated carbocycles. The van der Waals surface area contributed by atoms with Crippen LogP contribution in [0.25, 0.3) is 0 Å². The molecule has 7 heteroatoms. The minimum absolute atomic E-state index is 0.254. The molecule has 0 unspecified atom stereocenters. The summed E-state index contributed by atoms with van der Waals surface area (Å²) >= 11 is 0. The third kappa shape index (κ3) is 19.1. The van der Waals surface area contributed by atoms with E-state index in [0.29, 0.717) is 6.42 Å². The number of hydrogen-bond donors (Lipinski definition) is 2. The highest BCUT2D eigenvalue weighted by Gasteiger charge is 2.10. The van der Waals surface area contributed by atoms with E-state index in [-0.39, 0.29) is 18.7 Å². The van der Waals surface area contributed by atoms with Gasteiger partial charge in [0, 0.05) is 32.4 Å². The van der Waals surface area contributed by atoms with Gasteiger partial charge in [-0.05, 0) is 72.0 Å². The molecule has 1 amide bonds. The predicted octanol–water partition coefficient (Wildman–Crippen LogP) is 5.18. The number of unbranched alkanes of at least 4 members (excludes halogenated alkanes) is 9. The third-order valence-corrected chi connectivity index (χ3v) is 5.96. The van der Waals surface area contributed by atoms with Crippen molar-refractivity contribution in [3.63, 3.8) is 0 Å². The van der Waals surface area contributed by atoms with Gasteiger partial charge in [-0.2, -0.15) is 0 Å². The van der Waals surface area contributed by atoms with Gasteiger partial charge >= 0.3 is 11.9 Å². The van der Waals surface area contributed by atoms with Crippen LogP contribution in [-0.2, 0) is 14.4 Å². The molecule has 0 saturated heterocycles. The van der Waals surface area contributed by atoms with Crippen molar-refractivity contribution in [3.05, 3.63) is 0 Å². The van der Waals surface area contributed by atoms with Crippen LogP contribution in [0, 0.1) is 0 Å². The summed E-state index contributed by atoms with van der Waals surface area (Å²) in [6, 6.07) is 0. The summed E-state index contributed by atoms with van der Waals surface area (Å²) in [6.07, 6.45) is 13.3. The average Bonchev–Trinajstić information content (AvgIpc) is 2.75. The third-order valence-electron chi connectivity index (χ3n) is 5.96. The number of carboxylic acids is 2. The van der Waals surface area contributed by atoms with Gasteiger partial charge in [-0.3, -0.25) is 14.4 Å². The first kappa shape index (κ1) is 30.4. The van der Waals surface area contributed by atoms with Crippen molar-refractivity contribution < 1.29 is 24.6 Å². The first-order valence-electron chi connectivity index (χ1n) is 12.8. The molecule has 0 rings (SSSR count). The van der Waals surface area contributed by atoms with Crippen LogP contribution in [0.15, 0.2) is 0 Å². The molecule has 0 atom stereocenters. The highest BCUT2D eigenvalue weighted by atomic mass is 16.4. The minimum atomic E-state index is -0.710. The van der Waals surface area contributed by atoms with Crippen molar-refractivity contribution in [2.75, 3.05) is 32.7 Å². The molecule has 0 aliphatic carbocycles. The standard InChI is InChI=1S/C25H48N2O5/c1-3-27(4-2)23(28)17-13-16-22-26(20-14-9-5-7-11-18-24(29)30)21-15-10-6-8-12-19-25(31)32/h3-22H2,1-2H3,(H,29,30)(H,31,32). The zero-order chi connectivity index (χ0) is 24.0. The number of hydrogen-bond acceptors (Lipinski definition) is 4. The van der Waals surface area contributed by atoms with Gasteiger partial charge in [0.1, 0.15) is 0 Å². The Bertz CT molecular complexity index is 467. The van der Waals surface area contributed by atoms with Crippen molar-refractivity contribution in [1.29, 1.82) is 0 Å². The highest BCUT2D eigenvalue weighted by molar-refractivity contribution is 5.76. The minimum Gasteiger partial charge on any atom is -0.481 e. The maximum atomic E-state index is 12.2. The zero-order valence-corrected chi connectivity index (χ0v) is 20.7. The Hall–Kier alpha value is -1.63. The molecule has 0 heterocycles. The van der Waals surface area contributed by atoms with E-state index in [4.69, 9.17) is 10.2 Å². The lowest BCUT2D eigenvalue weighted by atomic mass is 10.1. The van der Waals surface area contributed by atoms with Crippen LogP contribution in [0.4, 0.5) is 0 Å². The molecule has 7 nitrogen and oxygen atoms in total. The number of carboxylic acid groups (broad SMARTS) is 2. The monoisotopic (exact) mass is 456 g/mol. The van der Waals surface area contributed by atoms with Gasteiger partial charge < -0.3 is 20.0 Å². The SMILES string of the molecule is CCN(CC)C(=O)CCCCN(CCCCCCCC(=O)O)CCCCCCCC(=O)O. The normalized spacial score (nSPS) is 11.1. The Labute approximate surface area is 195 Å². The first-order valence-corrected chi connectivity index (χ1v) is 12.8. The molecule has 0 aromatic heterocycles. The maximum absolute atomic E-state index is 12.2. The second kappa shape index (κ2) is 21.2. The van der Waals surface area contributed by atoms with E-state index in [1.807, 2.05) is 18.7 Å². The second-order valence-corrected chi connectivity index (χ2v) is 8.69. The lowest BCUT2D eigenvalue weighted by molar-refractivity contribution is -0.138. The van der Waals surface area contributed by atoms with Gasteiger partial charge in [0.25, 0.3) is 0 Å². The van der Waals surface area contributed by atoms with Crippen LogP contribution in [0.2, 0.25) is 0 Å². The van der Waals surface area contributed by atoms with Gasteiger partial charge in [-0.15, -0.1) is 0 Å². The van der Waals surface area contributed by atoms with Crippen molar-refractivity contribution in [2.24, 2.45) is 0 Å². The number of carbonyl (C=O) groups excluding carboxylic acids is 1. The molecule has 0 spiro atoms. The zero-order valence-electron chi connectivity index (χ0n) is 20.7. The van der Waals surface area contributed by atoms with Crippen LogP contribution in [0.3, 0.4) is 0 Å². The van der Waals surface area contributed by atoms with Gasteiger partial charge in [-0.1, -0.05) is 38.5 Å². The molecule has 0 aromatic rings. The van der Waals surface area contributed by atoms with Crippen LogP contribution in [0.1, 0.15) is 110 Å². The lowest BCUT2D eigenvalue weighted by Crippen LogP contribution is -2.31. The maximum Gasteiger partial charge on any atom is 0.303 e. The van der Waals surface area contributed by atoms with Gasteiger partial charge in [-0.25, -0.2) is 0 Å². The predicted molar refractivity (Wildman–Crippen MR) is 129 cm³/mol. The number of rotatable bonds is 23. The van der Waals surface area contributed by atoms with Crippen LogP contribution in [-0.4, -0.2) is 70.6 Å². The lowest BCUT2D eigenvalue weighted by Gasteiger charge is -2.23. The largest absolute Gasteiger partial charge is 0.481 e. The summed E-state index contributed by atoms with van der Waals surface area (Å²) in [5.74, 6) is -1.17. The van der Waals surface area contributed by atoms with E-state index < -0.39 is 11.9 Å². The molecule has 0 aliphatic heterocycles. The van der Waals surface area contributed by atoms with Gasteiger partial charge in [0.05, 0.1) is 0 Å². The molecule has 2 N–H and O–H groups in total. The molecule has 0 aromatic carbocycles. The van der Waals surface area contributed by atoms with Crippen molar-refractivity contribution >= 4 is 17.8 Å². The number of nitrogens with zero attached hydrogens (tertiary/aromatic N) is 2. The van der Waals surface area contributed by atoms with Crippen LogP contribution < -0.4 is 0 Å². The Morgan fingerprint density at radius 2 is 0.875 bits per heavy atom. The van der Waals surface area contributed by atoms with Crippen LogP contribution >= 0.6 is 0 Å². The second-order valence-electron chi connectivity index (χ2n) is 8.69. The fourth-order valence-electron chi connectivity index (χ4n) is 3.97. The Balaban J connectivity index is 4.13. The molecule has 32 heavy (non-hydrogen) atoms. The van der Waals surface area contributed by atoms with Crippen molar-refractivity contribution in [3.8, 4) is 0 Å².